The first-order chi connectivity index (χ1) is 8.12. The molecule has 0 bridgehead atoms. The Morgan fingerprint density at radius 1 is 1.41 bits per heavy atom. The normalized spacial score (nSPS) is 30.4. The second-order valence-corrected chi connectivity index (χ2v) is 6.87. The Labute approximate surface area is 104 Å². The van der Waals surface area contributed by atoms with E-state index in [2.05, 4.69) is 9.62 Å². The minimum atomic E-state index is -3.05. The third kappa shape index (κ3) is 3.40. The van der Waals surface area contributed by atoms with Gasteiger partial charge < -0.3 is 4.74 Å². The lowest BCUT2D eigenvalue weighted by Gasteiger charge is -2.37. The van der Waals surface area contributed by atoms with Gasteiger partial charge in [-0.25, -0.2) is 13.1 Å². The highest BCUT2D eigenvalue weighted by Gasteiger charge is 2.35. The van der Waals surface area contributed by atoms with Crippen molar-refractivity contribution in [1.82, 2.24) is 9.62 Å². The van der Waals surface area contributed by atoms with Gasteiger partial charge in [0.1, 0.15) is 0 Å². The maximum atomic E-state index is 11.3. The number of sulfonamides is 1. The van der Waals surface area contributed by atoms with Crippen LogP contribution in [0.5, 0.6) is 0 Å². The van der Waals surface area contributed by atoms with E-state index < -0.39 is 10.0 Å². The van der Waals surface area contributed by atoms with E-state index >= 15 is 0 Å². The first-order valence-electron chi connectivity index (χ1n) is 6.39. The maximum absolute atomic E-state index is 11.3. The van der Waals surface area contributed by atoms with Crippen LogP contribution in [-0.4, -0.2) is 58.0 Å². The lowest BCUT2D eigenvalue weighted by molar-refractivity contribution is -0.0552. The molecule has 0 spiro atoms. The zero-order valence-electron chi connectivity index (χ0n) is 10.4. The summed E-state index contributed by atoms with van der Waals surface area (Å²) in [7, 11) is -1.58. The summed E-state index contributed by atoms with van der Waals surface area (Å²) in [4.78, 5) is 2.41. The van der Waals surface area contributed by atoms with Crippen molar-refractivity contribution in [3.8, 4) is 0 Å². The molecule has 1 saturated carbocycles. The summed E-state index contributed by atoms with van der Waals surface area (Å²) in [5, 5.41) is 0. The van der Waals surface area contributed by atoms with Gasteiger partial charge in [-0.2, -0.15) is 0 Å². The Morgan fingerprint density at radius 3 is 3.00 bits per heavy atom. The molecule has 1 N–H and O–H groups in total. The van der Waals surface area contributed by atoms with Crippen molar-refractivity contribution >= 4 is 10.0 Å². The fourth-order valence-corrected chi connectivity index (χ4v) is 3.56. The Hall–Kier alpha value is -0.170. The van der Waals surface area contributed by atoms with E-state index in [1.807, 2.05) is 0 Å². The standard InChI is InChI=1S/C11H22N2O3S/c1-12-17(14,15)9-3-6-13-7-8-16-11-5-2-4-10(11)13/h10-12H,2-9H2,1H3. The van der Waals surface area contributed by atoms with Gasteiger partial charge in [-0.3, -0.25) is 4.90 Å². The number of hydrogen-bond donors (Lipinski definition) is 1. The molecular weight excluding hydrogens is 240 g/mol. The fourth-order valence-electron chi connectivity index (χ4n) is 2.84. The van der Waals surface area contributed by atoms with E-state index in [0.29, 0.717) is 18.6 Å². The molecule has 6 heteroatoms. The zero-order valence-corrected chi connectivity index (χ0v) is 11.2. The van der Waals surface area contributed by atoms with Crippen molar-refractivity contribution in [3.05, 3.63) is 0 Å². The number of hydrogen-bond acceptors (Lipinski definition) is 4. The monoisotopic (exact) mass is 262 g/mol. The van der Waals surface area contributed by atoms with Crippen molar-refractivity contribution < 1.29 is 13.2 Å². The molecule has 2 unspecified atom stereocenters. The molecule has 0 aromatic heterocycles. The quantitative estimate of drug-likeness (QED) is 0.768. The maximum Gasteiger partial charge on any atom is 0.211 e. The summed E-state index contributed by atoms with van der Waals surface area (Å²) in [5.41, 5.74) is 0. The Morgan fingerprint density at radius 2 is 2.24 bits per heavy atom. The molecule has 0 aromatic rings. The molecule has 1 heterocycles. The summed E-state index contributed by atoms with van der Waals surface area (Å²) < 4.78 is 30.7. The van der Waals surface area contributed by atoms with Gasteiger partial charge in [0.15, 0.2) is 0 Å². The van der Waals surface area contributed by atoms with Crippen LogP contribution in [-0.2, 0) is 14.8 Å². The molecule has 5 nitrogen and oxygen atoms in total. The average Bonchev–Trinajstić information content (AvgIpc) is 2.78. The minimum Gasteiger partial charge on any atom is -0.375 e. The van der Waals surface area contributed by atoms with Crippen molar-refractivity contribution in [2.45, 2.75) is 37.8 Å². The van der Waals surface area contributed by atoms with Gasteiger partial charge in [0.25, 0.3) is 0 Å². The van der Waals surface area contributed by atoms with Crippen LogP contribution < -0.4 is 4.72 Å². The van der Waals surface area contributed by atoms with Crippen LogP contribution in [0.4, 0.5) is 0 Å². The van der Waals surface area contributed by atoms with Gasteiger partial charge in [-0.15, -0.1) is 0 Å². The number of nitrogens with zero attached hydrogens (tertiary/aromatic N) is 1. The first kappa shape index (κ1) is 13.3. The molecule has 0 aromatic carbocycles. The van der Waals surface area contributed by atoms with Gasteiger partial charge in [-0.1, -0.05) is 0 Å². The van der Waals surface area contributed by atoms with Crippen molar-refractivity contribution in [2.24, 2.45) is 0 Å². The summed E-state index contributed by atoms with van der Waals surface area (Å²) in [5.74, 6) is 0.220. The molecular formula is C11H22N2O3S. The van der Waals surface area contributed by atoms with E-state index in [-0.39, 0.29) is 5.75 Å². The molecule has 1 aliphatic heterocycles. The highest BCUT2D eigenvalue weighted by molar-refractivity contribution is 7.89. The predicted octanol–water partition coefficient (Wildman–Crippen LogP) is 0.179. The van der Waals surface area contributed by atoms with E-state index in [1.54, 1.807) is 0 Å². The van der Waals surface area contributed by atoms with Crippen LogP contribution in [0.25, 0.3) is 0 Å². The fraction of sp³-hybridized carbons (Fsp3) is 1.00. The van der Waals surface area contributed by atoms with E-state index in [1.165, 1.54) is 19.9 Å². The largest absolute Gasteiger partial charge is 0.375 e. The summed E-state index contributed by atoms with van der Waals surface area (Å²) in [6.45, 7) is 2.60. The molecule has 17 heavy (non-hydrogen) atoms. The van der Waals surface area contributed by atoms with Gasteiger partial charge >= 0.3 is 0 Å². The highest BCUT2D eigenvalue weighted by atomic mass is 32.2. The van der Waals surface area contributed by atoms with Gasteiger partial charge in [0.05, 0.1) is 18.5 Å². The van der Waals surface area contributed by atoms with Gasteiger partial charge in [0, 0.05) is 12.6 Å². The van der Waals surface area contributed by atoms with Crippen LogP contribution in [0.15, 0.2) is 0 Å². The molecule has 0 amide bonds. The van der Waals surface area contributed by atoms with Gasteiger partial charge in [-0.05, 0) is 39.3 Å². The zero-order chi connectivity index (χ0) is 12.3. The molecule has 2 fully saturated rings. The number of morpholine rings is 1. The average molecular weight is 262 g/mol. The second kappa shape index (κ2) is 5.65. The second-order valence-electron chi connectivity index (χ2n) is 4.82. The van der Waals surface area contributed by atoms with Crippen LogP contribution in [0.3, 0.4) is 0 Å². The Balaban J connectivity index is 1.78. The van der Waals surface area contributed by atoms with Crippen molar-refractivity contribution in [3.63, 3.8) is 0 Å². The number of ether oxygens (including phenoxy) is 1. The van der Waals surface area contributed by atoms with Crippen molar-refractivity contribution in [1.29, 1.82) is 0 Å². The first-order valence-corrected chi connectivity index (χ1v) is 8.04. The smallest absolute Gasteiger partial charge is 0.211 e. The van der Waals surface area contributed by atoms with Crippen molar-refractivity contribution in [2.75, 3.05) is 32.5 Å². The molecule has 2 aliphatic rings. The Bertz CT molecular complexity index is 345. The lowest BCUT2D eigenvalue weighted by atomic mass is 10.1. The molecule has 1 aliphatic carbocycles. The van der Waals surface area contributed by atoms with E-state index in [4.69, 9.17) is 4.74 Å². The molecule has 100 valence electrons. The third-order valence-corrected chi connectivity index (χ3v) is 5.21. The summed E-state index contributed by atoms with van der Waals surface area (Å²) in [6, 6.07) is 0.529. The number of nitrogens with one attached hydrogen (secondary N) is 1. The molecule has 2 atom stereocenters. The Kier molecular flexibility index (Phi) is 4.41. The van der Waals surface area contributed by atoms with Crippen LogP contribution in [0.1, 0.15) is 25.7 Å². The SMILES string of the molecule is CNS(=O)(=O)CCCN1CCOC2CCCC21. The third-order valence-electron chi connectivity index (χ3n) is 3.77. The summed E-state index contributed by atoms with van der Waals surface area (Å²) in [6.07, 6.45) is 4.69. The predicted molar refractivity (Wildman–Crippen MR) is 66.4 cm³/mol. The molecule has 1 saturated heterocycles. The van der Waals surface area contributed by atoms with E-state index in [9.17, 15) is 8.42 Å². The van der Waals surface area contributed by atoms with Crippen LogP contribution in [0, 0.1) is 0 Å². The van der Waals surface area contributed by atoms with Gasteiger partial charge in [0.2, 0.25) is 10.0 Å². The number of rotatable bonds is 5. The van der Waals surface area contributed by atoms with Crippen LogP contribution in [0.2, 0.25) is 0 Å². The summed E-state index contributed by atoms with van der Waals surface area (Å²) >= 11 is 0. The number of fused-ring (bicyclic) bond motifs is 1. The topological polar surface area (TPSA) is 58.6 Å². The molecule has 2 rings (SSSR count). The van der Waals surface area contributed by atoms with E-state index in [0.717, 1.165) is 26.1 Å². The minimum absolute atomic E-state index is 0.220. The van der Waals surface area contributed by atoms with Crippen LogP contribution >= 0.6 is 0 Å². The lowest BCUT2D eigenvalue weighted by Crippen LogP contribution is -2.49. The highest BCUT2D eigenvalue weighted by Crippen LogP contribution is 2.29. The molecule has 0 radical (unpaired) electrons.